The fourth-order valence-electron chi connectivity index (χ4n) is 2.60. The lowest BCUT2D eigenvalue weighted by molar-refractivity contribution is -0.456. The molecule has 0 radical (unpaired) electrons. The number of hydrogen-bond acceptors (Lipinski definition) is 4. The highest BCUT2D eigenvalue weighted by Crippen LogP contribution is 2.46. The number of ether oxygens (including phenoxy) is 3. The van der Waals surface area contributed by atoms with Crippen molar-refractivity contribution >= 4 is 5.84 Å². The van der Waals surface area contributed by atoms with Crippen molar-refractivity contribution in [2.24, 2.45) is 10.7 Å². The molecule has 1 aromatic carbocycles. The van der Waals surface area contributed by atoms with Crippen LogP contribution in [0.1, 0.15) is 12.0 Å². The van der Waals surface area contributed by atoms with Crippen LogP contribution in [-0.4, -0.2) is 30.5 Å². The average Bonchev–Trinajstić information content (AvgIpc) is 2.58. The minimum atomic E-state index is -4.85. The van der Waals surface area contributed by atoms with Crippen LogP contribution < -0.4 is 10.5 Å². The summed E-state index contributed by atoms with van der Waals surface area (Å²) in [5, 5.41) is 0. The Kier molecular flexibility index (Phi) is 5.24. The molecule has 0 amide bonds. The van der Waals surface area contributed by atoms with E-state index in [9.17, 15) is 30.7 Å². The molecule has 29 heavy (non-hydrogen) atoms. The van der Waals surface area contributed by atoms with Gasteiger partial charge in [0.15, 0.2) is 0 Å². The van der Waals surface area contributed by atoms with Gasteiger partial charge in [-0.15, -0.1) is 13.2 Å². The van der Waals surface area contributed by atoms with Crippen molar-refractivity contribution in [3.63, 3.8) is 0 Å². The molecule has 1 heterocycles. The Morgan fingerprint density at radius 2 is 1.93 bits per heavy atom. The topological polar surface area (TPSA) is 66.1 Å². The number of benzene rings is 1. The quantitative estimate of drug-likeness (QED) is 0.444. The smallest absolute Gasteiger partial charge is 0.428 e. The lowest BCUT2D eigenvalue weighted by atomic mass is 10.0. The Morgan fingerprint density at radius 1 is 1.21 bits per heavy atom. The summed E-state index contributed by atoms with van der Waals surface area (Å²) in [6, 6.07) is 5.01. The van der Waals surface area contributed by atoms with Gasteiger partial charge in [-0.1, -0.05) is 18.2 Å². The first-order valence-electron chi connectivity index (χ1n) is 8.05. The third-order valence-electron chi connectivity index (χ3n) is 3.90. The predicted octanol–water partition coefficient (Wildman–Crippen LogP) is 4.26. The summed E-state index contributed by atoms with van der Waals surface area (Å²) >= 11 is 0. The number of fused-ring (bicyclic) bond motifs is 1. The van der Waals surface area contributed by atoms with E-state index in [-0.39, 0.29) is 24.4 Å². The third-order valence-corrected chi connectivity index (χ3v) is 3.90. The first-order chi connectivity index (χ1) is 13.4. The highest BCUT2D eigenvalue weighted by Gasteiger charge is 2.66. The molecule has 2 N–H and O–H groups in total. The Labute approximate surface area is 159 Å². The Balaban J connectivity index is 1.71. The highest BCUT2D eigenvalue weighted by atomic mass is 19.4. The van der Waals surface area contributed by atoms with Gasteiger partial charge in [-0.3, -0.25) is 4.99 Å². The predicted molar refractivity (Wildman–Crippen MR) is 85.1 cm³/mol. The zero-order valence-corrected chi connectivity index (χ0v) is 14.4. The molecule has 0 aromatic heterocycles. The molecular weight excluding hydrogens is 413 g/mol. The number of nitrogens with two attached hydrogens (primary N) is 1. The lowest BCUT2D eigenvalue weighted by Crippen LogP contribution is -2.53. The van der Waals surface area contributed by atoms with Crippen LogP contribution in [0, 0.1) is 0 Å². The van der Waals surface area contributed by atoms with Gasteiger partial charge in [0.2, 0.25) is 0 Å². The Bertz CT molecular complexity index is 878. The van der Waals surface area contributed by atoms with Gasteiger partial charge in [-0.05, 0) is 23.8 Å². The molecule has 1 saturated heterocycles. The Hall–Kier alpha value is -2.76. The van der Waals surface area contributed by atoms with Gasteiger partial charge >= 0.3 is 18.6 Å². The van der Waals surface area contributed by atoms with Crippen LogP contribution in [0.25, 0.3) is 0 Å². The standard InChI is InChI=1S/C17H13F7N2O3/c18-15(19)16(20,21)29-13-7-10(4-5-12(13)28-15)14(25)26-8-9-2-1-3-11(6-9)27-17(22,23)24/h1-4,6-7,12H,5,8H2,(H2,25,26). The second kappa shape index (κ2) is 7.25. The number of aliphatic imine (C=N–C) groups is 1. The lowest BCUT2D eigenvalue weighted by Gasteiger charge is -2.37. The van der Waals surface area contributed by atoms with E-state index in [2.05, 4.69) is 19.2 Å². The second-order valence-corrected chi connectivity index (χ2v) is 6.08. The minimum absolute atomic E-state index is 0.128. The summed E-state index contributed by atoms with van der Waals surface area (Å²) in [5.41, 5.74) is 6.23. The maximum absolute atomic E-state index is 13.3. The third kappa shape index (κ3) is 4.81. The Morgan fingerprint density at radius 3 is 2.62 bits per heavy atom. The van der Waals surface area contributed by atoms with E-state index in [0.29, 0.717) is 5.56 Å². The summed E-state index contributed by atoms with van der Waals surface area (Å²) in [7, 11) is 0. The van der Waals surface area contributed by atoms with Crippen LogP contribution in [0.5, 0.6) is 5.75 Å². The van der Waals surface area contributed by atoms with Crippen LogP contribution in [0.3, 0.4) is 0 Å². The SMILES string of the molecule is NC(=NCc1cccc(OC(F)(F)F)c1)C1=CCC2OC(F)(F)C(F)(F)OC2=C1. The van der Waals surface area contributed by atoms with Crippen LogP contribution in [0.15, 0.2) is 52.7 Å². The van der Waals surface area contributed by atoms with E-state index < -0.39 is 36.2 Å². The van der Waals surface area contributed by atoms with Gasteiger partial charge in [0.1, 0.15) is 23.4 Å². The number of rotatable bonds is 4. The monoisotopic (exact) mass is 426 g/mol. The normalized spacial score (nSPS) is 23.4. The molecule has 1 unspecified atom stereocenters. The maximum atomic E-state index is 13.3. The largest absolute Gasteiger partial charge is 0.573 e. The molecule has 0 bridgehead atoms. The fraction of sp³-hybridized carbons (Fsp3) is 0.353. The van der Waals surface area contributed by atoms with Crippen molar-refractivity contribution in [1.82, 2.24) is 0 Å². The molecule has 1 aromatic rings. The summed E-state index contributed by atoms with van der Waals surface area (Å²) in [6.45, 7) is -0.142. The van der Waals surface area contributed by atoms with Crippen molar-refractivity contribution in [2.45, 2.75) is 37.6 Å². The number of alkyl halides is 7. The first kappa shape index (κ1) is 21.0. The van der Waals surface area contributed by atoms with E-state index in [1.54, 1.807) is 0 Å². The van der Waals surface area contributed by atoms with Crippen molar-refractivity contribution in [2.75, 3.05) is 0 Å². The molecule has 1 aliphatic heterocycles. The van der Waals surface area contributed by atoms with Crippen LogP contribution in [0.2, 0.25) is 0 Å². The number of amidine groups is 1. The zero-order chi connectivity index (χ0) is 21.4. The molecule has 5 nitrogen and oxygen atoms in total. The minimum Gasteiger partial charge on any atom is -0.428 e. The zero-order valence-electron chi connectivity index (χ0n) is 14.4. The molecule has 2 aliphatic rings. The van der Waals surface area contributed by atoms with E-state index in [1.807, 2.05) is 0 Å². The van der Waals surface area contributed by atoms with Gasteiger partial charge in [-0.2, -0.15) is 17.6 Å². The molecule has 1 atom stereocenters. The van der Waals surface area contributed by atoms with Crippen molar-refractivity contribution in [1.29, 1.82) is 0 Å². The van der Waals surface area contributed by atoms with Gasteiger partial charge in [-0.25, -0.2) is 0 Å². The van der Waals surface area contributed by atoms with Crippen LogP contribution in [-0.2, 0) is 16.0 Å². The molecule has 1 aliphatic carbocycles. The van der Waals surface area contributed by atoms with Gasteiger partial charge in [0.25, 0.3) is 0 Å². The summed E-state index contributed by atoms with van der Waals surface area (Å²) < 4.78 is 102. The first-order valence-corrected chi connectivity index (χ1v) is 8.05. The van der Waals surface area contributed by atoms with Crippen molar-refractivity contribution in [3.05, 3.63) is 53.3 Å². The van der Waals surface area contributed by atoms with E-state index in [4.69, 9.17) is 5.73 Å². The molecule has 0 saturated carbocycles. The van der Waals surface area contributed by atoms with Gasteiger partial charge in [0.05, 0.1) is 6.54 Å². The summed E-state index contributed by atoms with van der Waals surface area (Å²) in [6.07, 6.45) is -13.7. The molecular formula is C17H13F7N2O3. The molecule has 1 fully saturated rings. The second-order valence-electron chi connectivity index (χ2n) is 6.08. The fourth-order valence-corrected chi connectivity index (χ4v) is 2.60. The molecule has 0 spiro atoms. The number of halogens is 7. The van der Waals surface area contributed by atoms with E-state index in [1.165, 1.54) is 18.2 Å². The summed E-state index contributed by atoms with van der Waals surface area (Å²) in [5.74, 6) is -1.12. The van der Waals surface area contributed by atoms with Crippen molar-refractivity contribution in [3.8, 4) is 5.75 Å². The molecule has 158 valence electrons. The maximum Gasteiger partial charge on any atom is 0.573 e. The average molecular weight is 426 g/mol. The molecule has 3 rings (SSSR count). The van der Waals surface area contributed by atoms with E-state index >= 15 is 0 Å². The van der Waals surface area contributed by atoms with Crippen LogP contribution in [0.4, 0.5) is 30.7 Å². The number of nitrogens with zero attached hydrogens (tertiary/aromatic N) is 1. The molecule has 12 heteroatoms. The van der Waals surface area contributed by atoms with Crippen LogP contribution >= 0.6 is 0 Å². The van der Waals surface area contributed by atoms with Gasteiger partial charge < -0.3 is 19.9 Å². The summed E-state index contributed by atoms with van der Waals surface area (Å²) in [4.78, 5) is 3.97. The highest BCUT2D eigenvalue weighted by molar-refractivity contribution is 5.99. The number of hydrogen-bond donors (Lipinski definition) is 1. The van der Waals surface area contributed by atoms with Gasteiger partial charge in [0, 0.05) is 12.0 Å². The van der Waals surface area contributed by atoms with E-state index in [0.717, 1.165) is 18.2 Å². The van der Waals surface area contributed by atoms with Crippen molar-refractivity contribution < 1.29 is 44.9 Å².